The number of thiocarbonyl (C=S) groups is 1. The number of nitrogens with two attached hydrogens (primary N) is 1. The van der Waals surface area contributed by atoms with E-state index < -0.39 is 5.82 Å². The van der Waals surface area contributed by atoms with Gasteiger partial charge in [0.25, 0.3) is 0 Å². The fourth-order valence-corrected chi connectivity index (χ4v) is 2.33. The Labute approximate surface area is 134 Å². The molecule has 0 spiro atoms. The van der Waals surface area contributed by atoms with Crippen LogP contribution in [0.4, 0.5) is 4.39 Å². The Bertz CT molecular complexity index is 666. The lowest BCUT2D eigenvalue weighted by Crippen LogP contribution is -2.11. The first-order valence-electron chi connectivity index (χ1n) is 5.63. The van der Waals surface area contributed by atoms with E-state index in [0.717, 1.165) is 10.0 Å². The smallest absolute Gasteiger partial charge is 0.141 e. The van der Waals surface area contributed by atoms with E-state index in [1.54, 1.807) is 18.2 Å². The van der Waals surface area contributed by atoms with Crippen LogP contribution in [-0.4, -0.2) is 4.99 Å². The van der Waals surface area contributed by atoms with E-state index in [9.17, 15) is 4.39 Å². The van der Waals surface area contributed by atoms with Crippen molar-refractivity contribution in [1.29, 1.82) is 0 Å². The molecule has 0 amide bonds. The van der Waals surface area contributed by atoms with Crippen LogP contribution >= 0.6 is 39.7 Å². The van der Waals surface area contributed by atoms with Crippen LogP contribution in [-0.2, 0) is 6.61 Å². The molecular formula is C14H10BrClFNOS. The van der Waals surface area contributed by atoms with E-state index in [1.807, 2.05) is 6.07 Å². The average molecular weight is 375 g/mol. The standard InChI is InChI=1S/C14H10BrClFNOS/c15-9-2-4-13(10(6-9)14(18)20)19-7-8-1-3-12(17)11(16)5-8/h1-6H,7H2,(H2,18,20). The van der Waals surface area contributed by atoms with Crippen molar-refractivity contribution in [2.24, 2.45) is 5.73 Å². The molecule has 0 aliphatic rings. The lowest BCUT2D eigenvalue weighted by molar-refractivity contribution is 0.305. The van der Waals surface area contributed by atoms with Gasteiger partial charge in [0.2, 0.25) is 0 Å². The van der Waals surface area contributed by atoms with Crippen molar-refractivity contribution in [1.82, 2.24) is 0 Å². The molecule has 2 nitrogen and oxygen atoms in total. The van der Waals surface area contributed by atoms with E-state index in [4.69, 9.17) is 34.3 Å². The molecule has 0 bridgehead atoms. The summed E-state index contributed by atoms with van der Waals surface area (Å²) in [5.41, 5.74) is 7.06. The summed E-state index contributed by atoms with van der Waals surface area (Å²) in [4.78, 5) is 0.249. The molecule has 0 radical (unpaired) electrons. The van der Waals surface area contributed by atoms with Crippen molar-refractivity contribution in [2.75, 3.05) is 0 Å². The third-order valence-electron chi connectivity index (χ3n) is 2.59. The lowest BCUT2D eigenvalue weighted by Gasteiger charge is -2.11. The second-order valence-electron chi connectivity index (χ2n) is 4.04. The van der Waals surface area contributed by atoms with Gasteiger partial charge in [-0.3, -0.25) is 0 Å². The summed E-state index contributed by atoms with van der Waals surface area (Å²) in [6.07, 6.45) is 0. The van der Waals surface area contributed by atoms with E-state index in [0.29, 0.717) is 11.3 Å². The largest absolute Gasteiger partial charge is 0.488 e. The molecule has 2 aromatic carbocycles. The molecule has 20 heavy (non-hydrogen) atoms. The zero-order chi connectivity index (χ0) is 14.7. The van der Waals surface area contributed by atoms with Gasteiger partial charge in [0.1, 0.15) is 23.2 Å². The van der Waals surface area contributed by atoms with Gasteiger partial charge in [-0.25, -0.2) is 4.39 Å². The maximum Gasteiger partial charge on any atom is 0.141 e. The Kier molecular flexibility index (Phi) is 4.96. The molecule has 0 aromatic heterocycles. The third kappa shape index (κ3) is 3.69. The van der Waals surface area contributed by atoms with Crippen LogP contribution in [0.25, 0.3) is 0 Å². The van der Waals surface area contributed by atoms with Crippen LogP contribution in [0.5, 0.6) is 5.75 Å². The van der Waals surface area contributed by atoms with Crippen molar-refractivity contribution >= 4 is 44.7 Å². The number of hydrogen-bond donors (Lipinski definition) is 1. The molecule has 6 heteroatoms. The average Bonchev–Trinajstić information content (AvgIpc) is 2.41. The molecule has 0 aliphatic carbocycles. The lowest BCUT2D eigenvalue weighted by atomic mass is 10.2. The quantitative estimate of drug-likeness (QED) is 0.803. The van der Waals surface area contributed by atoms with Crippen molar-refractivity contribution in [3.8, 4) is 5.75 Å². The molecule has 0 atom stereocenters. The Hall–Kier alpha value is -1.17. The minimum Gasteiger partial charge on any atom is -0.488 e. The highest BCUT2D eigenvalue weighted by Crippen LogP contribution is 2.24. The monoisotopic (exact) mass is 373 g/mol. The predicted octanol–water partition coefficient (Wildman–Crippen LogP) is 4.45. The number of hydrogen-bond acceptors (Lipinski definition) is 2. The summed E-state index contributed by atoms with van der Waals surface area (Å²) in [6, 6.07) is 9.82. The van der Waals surface area contributed by atoms with Gasteiger partial charge in [-0.2, -0.15) is 0 Å². The molecule has 0 aliphatic heterocycles. The summed E-state index contributed by atoms with van der Waals surface area (Å²) >= 11 is 14.1. The Morgan fingerprint density at radius 2 is 2.05 bits per heavy atom. The van der Waals surface area contributed by atoms with Crippen molar-refractivity contribution < 1.29 is 9.13 Å². The van der Waals surface area contributed by atoms with Gasteiger partial charge in [0.15, 0.2) is 0 Å². The molecule has 2 N–H and O–H groups in total. The van der Waals surface area contributed by atoms with E-state index in [2.05, 4.69) is 15.9 Å². The minimum atomic E-state index is -0.456. The third-order valence-corrected chi connectivity index (χ3v) is 3.59. The maximum atomic E-state index is 13.1. The van der Waals surface area contributed by atoms with Crippen molar-refractivity contribution in [2.45, 2.75) is 6.61 Å². The molecular weight excluding hydrogens is 365 g/mol. The Morgan fingerprint density at radius 1 is 1.30 bits per heavy atom. The molecule has 2 rings (SSSR count). The summed E-state index contributed by atoms with van der Waals surface area (Å²) in [5.74, 6) is 0.115. The van der Waals surface area contributed by atoms with Crippen LogP contribution in [0.1, 0.15) is 11.1 Å². The van der Waals surface area contributed by atoms with E-state index in [1.165, 1.54) is 12.1 Å². The highest BCUT2D eigenvalue weighted by atomic mass is 79.9. The maximum absolute atomic E-state index is 13.1. The Morgan fingerprint density at radius 3 is 2.70 bits per heavy atom. The second kappa shape index (κ2) is 6.52. The van der Waals surface area contributed by atoms with E-state index in [-0.39, 0.29) is 16.6 Å². The highest BCUT2D eigenvalue weighted by molar-refractivity contribution is 9.10. The number of halogens is 3. The van der Waals surface area contributed by atoms with Gasteiger partial charge in [-0.1, -0.05) is 45.8 Å². The second-order valence-corrected chi connectivity index (χ2v) is 5.80. The SMILES string of the molecule is NC(=S)c1cc(Br)ccc1OCc1ccc(F)c(Cl)c1. The number of ether oxygens (including phenoxy) is 1. The molecule has 104 valence electrons. The summed E-state index contributed by atoms with van der Waals surface area (Å²) in [6.45, 7) is 0.247. The fourth-order valence-electron chi connectivity index (χ4n) is 1.61. The van der Waals surface area contributed by atoms with Gasteiger partial charge >= 0.3 is 0 Å². The summed E-state index contributed by atoms with van der Waals surface area (Å²) < 4.78 is 19.6. The van der Waals surface area contributed by atoms with Gasteiger partial charge < -0.3 is 10.5 Å². The van der Waals surface area contributed by atoms with Crippen LogP contribution in [0.3, 0.4) is 0 Å². The zero-order valence-corrected chi connectivity index (χ0v) is 13.4. The fraction of sp³-hybridized carbons (Fsp3) is 0.0714. The molecule has 0 saturated heterocycles. The molecule has 2 aromatic rings. The first-order chi connectivity index (χ1) is 9.47. The zero-order valence-electron chi connectivity index (χ0n) is 10.2. The summed E-state index contributed by atoms with van der Waals surface area (Å²) in [7, 11) is 0. The van der Waals surface area contributed by atoms with Gasteiger partial charge in [0, 0.05) is 4.47 Å². The minimum absolute atomic E-state index is 0.0662. The summed E-state index contributed by atoms with van der Waals surface area (Å²) in [5, 5.41) is 0.0662. The van der Waals surface area contributed by atoms with Gasteiger partial charge in [-0.05, 0) is 35.9 Å². The van der Waals surface area contributed by atoms with Gasteiger partial charge in [-0.15, -0.1) is 0 Å². The van der Waals surface area contributed by atoms with Crippen LogP contribution in [0.2, 0.25) is 5.02 Å². The topological polar surface area (TPSA) is 35.2 Å². The first-order valence-corrected chi connectivity index (χ1v) is 7.21. The van der Waals surface area contributed by atoms with Gasteiger partial charge in [0.05, 0.1) is 10.6 Å². The Balaban J connectivity index is 2.18. The van der Waals surface area contributed by atoms with Crippen molar-refractivity contribution in [3.05, 3.63) is 62.8 Å². The first kappa shape index (κ1) is 15.2. The number of benzene rings is 2. The normalized spacial score (nSPS) is 10.3. The number of rotatable bonds is 4. The molecule has 0 unspecified atom stereocenters. The van der Waals surface area contributed by atoms with Crippen LogP contribution in [0.15, 0.2) is 40.9 Å². The van der Waals surface area contributed by atoms with Crippen molar-refractivity contribution in [3.63, 3.8) is 0 Å². The molecule has 0 heterocycles. The van der Waals surface area contributed by atoms with E-state index >= 15 is 0 Å². The van der Waals surface area contributed by atoms with Crippen LogP contribution < -0.4 is 10.5 Å². The molecule has 0 fully saturated rings. The predicted molar refractivity (Wildman–Crippen MR) is 85.8 cm³/mol. The van der Waals surface area contributed by atoms with Crippen LogP contribution in [0, 0.1) is 5.82 Å². The molecule has 0 saturated carbocycles. The highest BCUT2D eigenvalue weighted by Gasteiger charge is 2.08.